The molecule has 0 heterocycles. The SMILES string of the molecule is CNC(=O)COc1c(Cl)cc(Br)cc1S(=O)(=O)Cl. The lowest BCUT2D eigenvalue weighted by molar-refractivity contribution is -0.122. The van der Waals surface area contributed by atoms with Crippen LogP contribution in [0.2, 0.25) is 5.02 Å². The first kappa shape index (κ1) is 15.6. The molecule has 0 aromatic heterocycles. The minimum Gasteiger partial charge on any atom is -0.481 e. The molecule has 0 bridgehead atoms. The molecule has 0 radical (unpaired) electrons. The molecule has 0 unspecified atom stereocenters. The Morgan fingerprint density at radius 2 is 2.11 bits per heavy atom. The summed E-state index contributed by atoms with van der Waals surface area (Å²) in [6.07, 6.45) is 0. The number of hydrogen-bond donors (Lipinski definition) is 1. The van der Waals surface area contributed by atoms with E-state index in [0.717, 1.165) is 0 Å². The lowest BCUT2D eigenvalue weighted by Gasteiger charge is -2.11. The van der Waals surface area contributed by atoms with Crippen LogP contribution in [0.4, 0.5) is 0 Å². The van der Waals surface area contributed by atoms with Crippen LogP contribution in [0.25, 0.3) is 0 Å². The highest BCUT2D eigenvalue weighted by atomic mass is 79.9. The highest BCUT2D eigenvalue weighted by Crippen LogP contribution is 2.37. The van der Waals surface area contributed by atoms with Crippen molar-refractivity contribution in [1.29, 1.82) is 0 Å². The Kier molecular flexibility index (Phi) is 5.27. The summed E-state index contributed by atoms with van der Waals surface area (Å²) in [5.74, 6) is -0.578. The first-order valence-corrected chi connectivity index (χ1v) is 8.01. The maximum atomic E-state index is 11.4. The minimum absolute atomic E-state index is 0.0347. The van der Waals surface area contributed by atoms with Gasteiger partial charge in [-0.2, -0.15) is 0 Å². The monoisotopic (exact) mass is 375 g/mol. The second-order valence-corrected chi connectivity index (χ2v) is 6.97. The van der Waals surface area contributed by atoms with E-state index in [2.05, 4.69) is 21.2 Å². The molecule has 9 heteroatoms. The van der Waals surface area contributed by atoms with Gasteiger partial charge in [-0.25, -0.2) is 8.42 Å². The van der Waals surface area contributed by atoms with Gasteiger partial charge in [-0.05, 0) is 12.1 Å². The van der Waals surface area contributed by atoms with E-state index >= 15 is 0 Å². The van der Waals surface area contributed by atoms with Crippen LogP contribution in [0.1, 0.15) is 0 Å². The first-order chi connectivity index (χ1) is 8.25. The van der Waals surface area contributed by atoms with Crippen molar-refractivity contribution in [2.75, 3.05) is 13.7 Å². The molecule has 1 aromatic carbocycles. The summed E-state index contributed by atoms with van der Waals surface area (Å²) in [5.41, 5.74) is 0. The summed E-state index contributed by atoms with van der Waals surface area (Å²) in [4.78, 5) is 10.8. The van der Waals surface area contributed by atoms with E-state index in [-0.39, 0.29) is 22.3 Å². The van der Waals surface area contributed by atoms with Gasteiger partial charge in [0.15, 0.2) is 12.4 Å². The van der Waals surface area contributed by atoms with Gasteiger partial charge in [0.1, 0.15) is 4.90 Å². The number of rotatable bonds is 4. The van der Waals surface area contributed by atoms with Crippen molar-refractivity contribution in [3.8, 4) is 5.75 Å². The number of halogens is 3. The van der Waals surface area contributed by atoms with Crippen LogP contribution in [-0.2, 0) is 13.8 Å². The molecule has 0 aliphatic rings. The molecule has 0 atom stereocenters. The summed E-state index contributed by atoms with van der Waals surface area (Å²) >= 11 is 8.95. The topological polar surface area (TPSA) is 72.5 Å². The second kappa shape index (κ2) is 6.10. The van der Waals surface area contributed by atoms with Crippen molar-refractivity contribution >= 4 is 53.2 Å². The zero-order chi connectivity index (χ0) is 13.9. The van der Waals surface area contributed by atoms with Crippen molar-refractivity contribution < 1.29 is 17.9 Å². The van der Waals surface area contributed by atoms with Gasteiger partial charge in [0.2, 0.25) is 0 Å². The number of benzene rings is 1. The summed E-state index contributed by atoms with van der Waals surface area (Å²) in [5, 5.41) is 2.36. The van der Waals surface area contributed by atoms with E-state index in [9.17, 15) is 13.2 Å². The number of hydrogen-bond acceptors (Lipinski definition) is 4. The zero-order valence-corrected chi connectivity index (χ0v) is 13.0. The van der Waals surface area contributed by atoms with Crippen LogP contribution in [0, 0.1) is 0 Å². The summed E-state index contributed by atoms with van der Waals surface area (Å²) < 4.78 is 28.3. The van der Waals surface area contributed by atoms with Gasteiger partial charge in [-0.3, -0.25) is 4.79 Å². The number of likely N-dealkylation sites (N-methyl/N-ethyl adjacent to an activating group) is 1. The average Bonchev–Trinajstić information content (AvgIpc) is 2.25. The predicted octanol–water partition coefficient (Wildman–Crippen LogP) is 2.15. The number of nitrogens with one attached hydrogen (secondary N) is 1. The third kappa shape index (κ3) is 4.01. The normalized spacial score (nSPS) is 11.1. The van der Waals surface area contributed by atoms with Gasteiger partial charge in [-0.1, -0.05) is 27.5 Å². The van der Waals surface area contributed by atoms with Gasteiger partial charge < -0.3 is 10.1 Å². The molecule has 0 saturated carbocycles. The largest absolute Gasteiger partial charge is 0.481 e. The predicted molar refractivity (Wildman–Crippen MR) is 71.8 cm³/mol. The van der Waals surface area contributed by atoms with Crippen LogP contribution in [0.15, 0.2) is 21.5 Å². The Labute approximate surface area is 122 Å². The summed E-state index contributed by atoms with van der Waals surface area (Å²) in [6.45, 7) is -0.364. The molecule has 1 rings (SSSR count). The Bertz CT molecular complexity index is 576. The molecule has 1 amide bonds. The van der Waals surface area contributed by atoms with Crippen LogP contribution in [0.5, 0.6) is 5.75 Å². The third-order valence-electron chi connectivity index (χ3n) is 1.86. The molecule has 0 fully saturated rings. The van der Waals surface area contributed by atoms with Gasteiger partial charge in [-0.15, -0.1) is 0 Å². The maximum absolute atomic E-state index is 11.4. The highest BCUT2D eigenvalue weighted by Gasteiger charge is 2.21. The number of ether oxygens (including phenoxy) is 1. The number of amides is 1. The van der Waals surface area contributed by atoms with Crippen molar-refractivity contribution in [2.24, 2.45) is 0 Å². The van der Waals surface area contributed by atoms with Crippen molar-refractivity contribution in [2.45, 2.75) is 4.90 Å². The Morgan fingerprint density at radius 3 is 2.61 bits per heavy atom. The molecule has 100 valence electrons. The van der Waals surface area contributed by atoms with Crippen LogP contribution < -0.4 is 10.1 Å². The lowest BCUT2D eigenvalue weighted by Crippen LogP contribution is -2.25. The molecule has 1 aromatic rings. The molecule has 18 heavy (non-hydrogen) atoms. The zero-order valence-electron chi connectivity index (χ0n) is 9.04. The number of carbonyl (C=O) groups is 1. The van der Waals surface area contributed by atoms with Crippen molar-refractivity contribution in [3.63, 3.8) is 0 Å². The first-order valence-electron chi connectivity index (χ1n) is 4.52. The van der Waals surface area contributed by atoms with Gasteiger partial charge in [0, 0.05) is 22.2 Å². The molecule has 0 aliphatic heterocycles. The van der Waals surface area contributed by atoms with E-state index in [0.29, 0.717) is 4.47 Å². The van der Waals surface area contributed by atoms with Gasteiger partial charge >= 0.3 is 0 Å². The lowest BCUT2D eigenvalue weighted by atomic mass is 10.3. The molecule has 0 saturated heterocycles. The summed E-state index contributed by atoms with van der Waals surface area (Å²) in [7, 11) is 2.66. The Balaban J connectivity index is 3.21. The van der Waals surface area contributed by atoms with E-state index in [4.69, 9.17) is 27.0 Å². The van der Waals surface area contributed by atoms with Gasteiger partial charge in [0.05, 0.1) is 5.02 Å². The van der Waals surface area contributed by atoms with Crippen LogP contribution in [0.3, 0.4) is 0 Å². The van der Waals surface area contributed by atoms with Crippen LogP contribution in [-0.4, -0.2) is 28.0 Å². The van der Waals surface area contributed by atoms with E-state index in [1.165, 1.54) is 19.2 Å². The molecule has 5 nitrogen and oxygen atoms in total. The molecule has 0 aliphatic carbocycles. The fraction of sp³-hybridized carbons (Fsp3) is 0.222. The van der Waals surface area contributed by atoms with E-state index in [1.807, 2.05) is 0 Å². The summed E-state index contributed by atoms with van der Waals surface area (Å²) in [6, 6.07) is 2.68. The van der Waals surface area contributed by atoms with Gasteiger partial charge in [0.25, 0.3) is 15.0 Å². The van der Waals surface area contributed by atoms with E-state index in [1.54, 1.807) is 0 Å². The van der Waals surface area contributed by atoms with Crippen LogP contribution >= 0.6 is 38.2 Å². The Morgan fingerprint density at radius 1 is 1.50 bits per heavy atom. The van der Waals surface area contributed by atoms with E-state index < -0.39 is 15.0 Å². The standard InChI is InChI=1S/C9H8BrCl2NO4S/c1-13-8(14)4-17-9-6(11)2-5(10)3-7(9)18(12,15)16/h2-3H,4H2,1H3,(H,13,14). The smallest absolute Gasteiger partial charge is 0.265 e. The quantitative estimate of drug-likeness (QED) is 0.817. The molecule has 0 spiro atoms. The molecular formula is C9H8BrCl2NO4S. The molecule has 1 N–H and O–H groups in total. The minimum atomic E-state index is -4.03. The number of carbonyl (C=O) groups excluding carboxylic acids is 1. The second-order valence-electron chi connectivity index (χ2n) is 3.11. The molecular weight excluding hydrogens is 369 g/mol. The Hall–Kier alpha value is -0.500. The van der Waals surface area contributed by atoms with Crippen molar-refractivity contribution in [3.05, 3.63) is 21.6 Å². The fourth-order valence-electron chi connectivity index (χ4n) is 1.07. The third-order valence-corrected chi connectivity index (χ3v) is 3.93. The maximum Gasteiger partial charge on any atom is 0.265 e. The fourth-order valence-corrected chi connectivity index (χ4v) is 3.14. The average molecular weight is 377 g/mol. The van der Waals surface area contributed by atoms with Crippen molar-refractivity contribution in [1.82, 2.24) is 5.32 Å². The highest BCUT2D eigenvalue weighted by molar-refractivity contribution is 9.10.